The molecule has 0 heterocycles. The van der Waals surface area contributed by atoms with Gasteiger partial charge in [-0.1, -0.05) is 35.6 Å². The van der Waals surface area contributed by atoms with E-state index in [1.54, 1.807) is 6.20 Å². The predicted molar refractivity (Wildman–Crippen MR) is 70.3 cm³/mol. The van der Waals surface area contributed by atoms with Crippen LogP contribution in [0.2, 0.25) is 0 Å². The average molecular weight is 307 g/mol. The molecule has 0 saturated heterocycles. The Balaban J connectivity index is 4.11. The van der Waals surface area contributed by atoms with E-state index >= 15 is 0 Å². The molecule has 0 fully saturated rings. The van der Waals surface area contributed by atoms with Crippen LogP contribution in [-0.4, -0.2) is 10.5 Å². The van der Waals surface area contributed by atoms with E-state index in [-0.39, 0.29) is 0 Å². The number of hydrogen-bond acceptors (Lipinski definition) is 2. The van der Waals surface area contributed by atoms with Crippen molar-refractivity contribution in [3.8, 4) is 0 Å². The first kappa shape index (κ1) is 13.5. The first-order chi connectivity index (χ1) is 6.60. The molecule has 3 heteroatoms. The molecule has 0 aliphatic carbocycles. The largest absolute Gasteiger partial charge is 0.493 e. The summed E-state index contributed by atoms with van der Waals surface area (Å²) in [6.45, 7) is 6.75. The summed E-state index contributed by atoms with van der Waals surface area (Å²) < 4.78 is 6.06. The zero-order valence-electron chi connectivity index (χ0n) is 8.96. The third-order valence-corrected chi connectivity index (χ3v) is 1.90. The summed E-state index contributed by atoms with van der Waals surface area (Å²) in [5, 5.41) is 0. The van der Waals surface area contributed by atoms with Gasteiger partial charge in [0, 0.05) is 3.92 Å². The zero-order chi connectivity index (χ0) is 11.0. The van der Waals surface area contributed by atoms with Gasteiger partial charge in [0.15, 0.2) is 0 Å². The Morgan fingerprint density at radius 3 is 2.57 bits per heavy atom. The van der Waals surface area contributed by atoms with Gasteiger partial charge < -0.3 is 10.5 Å². The maximum atomic E-state index is 5.55. The van der Waals surface area contributed by atoms with Gasteiger partial charge in [-0.3, -0.25) is 0 Å². The molecule has 0 aliphatic heterocycles. The van der Waals surface area contributed by atoms with Crippen LogP contribution in [0.1, 0.15) is 20.8 Å². The SMILES string of the molecule is C\C=C(/C=C\C(C)=C/N)OCC(C)I. The van der Waals surface area contributed by atoms with Crippen LogP contribution in [0, 0.1) is 0 Å². The molecular weight excluding hydrogens is 289 g/mol. The van der Waals surface area contributed by atoms with E-state index in [1.807, 2.05) is 32.1 Å². The highest BCUT2D eigenvalue weighted by atomic mass is 127. The average Bonchev–Trinajstić information content (AvgIpc) is 2.17. The number of halogens is 1. The third kappa shape index (κ3) is 7.00. The molecule has 0 rings (SSSR count). The molecule has 0 aromatic rings. The summed E-state index contributed by atoms with van der Waals surface area (Å²) in [4.78, 5) is 0. The second-order valence-electron chi connectivity index (χ2n) is 3.03. The topological polar surface area (TPSA) is 35.2 Å². The fourth-order valence-electron chi connectivity index (χ4n) is 0.708. The molecule has 1 atom stereocenters. The fourth-order valence-corrected chi connectivity index (χ4v) is 0.888. The highest BCUT2D eigenvalue weighted by molar-refractivity contribution is 14.1. The van der Waals surface area contributed by atoms with Crippen molar-refractivity contribution in [2.75, 3.05) is 6.61 Å². The van der Waals surface area contributed by atoms with E-state index in [2.05, 4.69) is 29.5 Å². The van der Waals surface area contributed by atoms with Crippen LogP contribution in [0.25, 0.3) is 0 Å². The molecule has 2 N–H and O–H groups in total. The van der Waals surface area contributed by atoms with Gasteiger partial charge in [-0.05, 0) is 37.8 Å². The highest BCUT2D eigenvalue weighted by Crippen LogP contribution is 2.06. The summed E-state index contributed by atoms with van der Waals surface area (Å²) in [6, 6.07) is 0. The Hall–Kier alpha value is -0.450. The van der Waals surface area contributed by atoms with Crippen LogP contribution >= 0.6 is 22.6 Å². The molecular formula is C11H18INO. The summed E-state index contributed by atoms with van der Waals surface area (Å²) in [5.74, 6) is 0.884. The maximum Gasteiger partial charge on any atom is 0.115 e. The van der Waals surface area contributed by atoms with Crippen molar-refractivity contribution in [2.24, 2.45) is 5.73 Å². The van der Waals surface area contributed by atoms with Crippen molar-refractivity contribution in [1.82, 2.24) is 0 Å². The highest BCUT2D eigenvalue weighted by Gasteiger charge is 1.96. The minimum absolute atomic E-state index is 0.516. The van der Waals surface area contributed by atoms with Crippen molar-refractivity contribution in [2.45, 2.75) is 24.7 Å². The molecule has 0 aromatic heterocycles. The van der Waals surface area contributed by atoms with Crippen LogP contribution in [-0.2, 0) is 4.74 Å². The fraction of sp³-hybridized carbons (Fsp3) is 0.455. The van der Waals surface area contributed by atoms with Crippen LogP contribution in [0.4, 0.5) is 0 Å². The Kier molecular flexibility index (Phi) is 7.65. The van der Waals surface area contributed by atoms with E-state index in [0.717, 1.165) is 17.9 Å². The van der Waals surface area contributed by atoms with Crippen molar-refractivity contribution < 1.29 is 4.74 Å². The Morgan fingerprint density at radius 2 is 2.14 bits per heavy atom. The Morgan fingerprint density at radius 1 is 1.50 bits per heavy atom. The minimum Gasteiger partial charge on any atom is -0.493 e. The molecule has 0 radical (unpaired) electrons. The zero-order valence-corrected chi connectivity index (χ0v) is 11.1. The Labute approximate surface area is 100 Å². The summed E-state index contributed by atoms with van der Waals surface area (Å²) in [5.41, 5.74) is 6.37. The van der Waals surface area contributed by atoms with Crippen LogP contribution < -0.4 is 5.73 Å². The summed E-state index contributed by atoms with van der Waals surface area (Å²) in [7, 11) is 0. The number of allylic oxidation sites excluding steroid dienone is 4. The maximum absolute atomic E-state index is 5.55. The number of ether oxygens (including phenoxy) is 1. The Bertz CT molecular complexity index is 242. The molecule has 0 saturated carbocycles. The molecule has 1 unspecified atom stereocenters. The normalized spacial score (nSPS) is 16.0. The summed E-state index contributed by atoms with van der Waals surface area (Å²) >= 11 is 2.33. The standard InChI is InChI=1S/C11H18INO/c1-4-11(14-8-10(3)12)6-5-9(2)7-13/h4-7,10H,8,13H2,1-3H3/b6-5-,9-7-,11-4+. The molecule has 0 spiro atoms. The van der Waals surface area contributed by atoms with E-state index in [0.29, 0.717) is 3.92 Å². The van der Waals surface area contributed by atoms with Crippen LogP contribution in [0.15, 0.2) is 35.8 Å². The number of nitrogens with two attached hydrogens (primary N) is 1. The van der Waals surface area contributed by atoms with Gasteiger partial charge >= 0.3 is 0 Å². The molecule has 14 heavy (non-hydrogen) atoms. The van der Waals surface area contributed by atoms with Crippen LogP contribution in [0.5, 0.6) is 0 Å². The van der Waals surface area contributed by atoms with Crippen molar-refractivity contribution in [3.63, 3.8) is 0 Å². The first-order valence-electron chi connectivity index (χ1n) is 4.60. The quantitative estimate of drug-likeness (QED) is 0.366. The molecule has 2 nitrogen and oxygen atoms in total. The first-order valence-corrected chi connectivity index (χ1v) is 5.84. The smallest absolute Gasteiger partial charge is 0.115 e. The number of rotatable bonds is 5. The number of hydrogen-bond donors (Lipinski definition) is 1. The number of alkyl halides is 1. The van der Waals surface area contributed by atoms with Crippen molar-refractivity contribution in [1.29, 1.82) is 0 Å². The molecule has 80 valence electrons. The monoisotopic (exact) mass is 307 g/mol. The second kappa shape index (κ2) is 7.91. The minimum atomic E-state index is 0.516. The van der Waals surface area contributed by atoms with E-state index in [4.69, 9.17) is 10.5 Å². The van der Waals surface area contributed by atoms with E-state index < -0.39 is 0 Å². The lowest BCUT2D eigenvalue weighted by Crippen LogP contribution is -2.02. The van der Waals surface area contributed by atoms with E-state index in [9.17, 15) is 0 Å². The predicted octanol–water partition coefficient (Wildman–Crippen LogP) is 3.15. The van der Waals surface area contributed by atoms with Gasteiger partial charge in [0.2, 0.25) is 0 Å². The van der Waals surface area contributed by atoms with E-state index in [1.165, 1.54) is 0 Å². The molecule has 0 aliphatic rings. The third-order valence-electron chi connectivity index (χ3n) is 1.54. The molecule has 0 aromatic carbocycles. The lowest BCUT2D eigenvalue weighted by Gasteiger charge is -2.07. The lowest BCUT2D eigenvalue weighted by molar-refractivity contribution is 0.231. The van der Waals surface area contributed by atoms with Crippen molar-refractivity contribution in [3.05, 3.63) is 35.8 Å². The van der Waals surface area contributed by atoms with Gasteiger partial charge in [0.25, 0.3) is 0 Å². The molecule has 0 bridgehead atoms. The van der Waals surface area contributed by atoms with Gasteiger partial charge in [-0.25, -0.2) is 0 Å². The molecule has 0 amide bonds. The van der Waals surface area contributed by atoms with Gasteiger partial charge in [0.1, 0.15) is 5.76 Å². The van der Waals surface area contributed by atoms with Gasteiger partial charge in [-0.2, -0.15) is 0 Å². The second-order valence-corrected chi connectivity index (χ2v) is 5.15. The lowest BCUT2D eigenvalue weighted by atomic mass is 10.3. The van der Waals surface area contributed by atoms with Gasteiger partial charge in [0.05, 0.1) is 6.61 Å². The van der Waals surface area contributed by atoms with Gasteiger partial charge in [-0.15, -0.1) is 0 Å². The summed E-state index contributed by atoms with van der Waals surface area (Å²) in [6.07, 6.45) is 7.38. The van der Waals surface area contributed by atoms with Crippen LogP contribution in [0.3, 0.4) is 0 Å². The van der Waals surface area contributed by atoms with Crippen molar-refractivity contribution >= 4 is 22.6 Å².